The summed E-state index contributed by atoms with van der Waals surface area (Å²) in [7, 11) is 0. The number of aliphatic imine (C=N–C) groups is 1. The van der Waals surface area contributed by atoms with Gasteiger partial charge in [0.15, 0.2) is 5.82 Å². The quantitative estimate of drug-likeness (QED) is 0.820. The Kier molecular flexibility index (Phi) is 4.97. The van der Waals surface area contributed by atoms with Crippen molar-refractivity contribution < 1.29 is 9.18 Å². The van der Waals surface area contributed by atoms with Gasteiger partial charge in [-0.3, -0.25) is 9.79 Å². The van der Waals surface area contributed by atoms with E-state index in [1.54, 1.807) is 6.07 Å². The fraction of sp³-hybridized carbons (Fsp3) is 0.111. The van der Waals surface area contributed by atoms with Gasteiger partial charge in [-0.25, -0.2) is 4.39 Å². The van der Waals surface area contributed by atoms with Gasteiger partial charge in [0, 0.05) is 17.9 Å². The molecular weight excluding hydrogens is 350 g/mol. The Morgan fingerprint density at radius 3 is 2.62 bits per heavy atom. The largest absolute Gasteiger partial charge is 0.318 e. The Balaban J connectivity index is 1.73. The second-order valence-corrected chi connectivity index (χ2v) is 6.17. The summed E-state index contributed by atoms with van der Waals surface area (Å²) in [6.07, 6.45) is 0.778. The highest BCUT2D eigenvalue weighted by Gasteiger charge is 2.23. The first-order valence-corrected chi connectivity index (χ1v) is 8.04. The van der Waals surface area contributed by atoms with Gasteiger partial charge in [0.1, 0.15) is 5.71 Å². The summed E-state index contributed by atoms with van der Waals surface area (Å²) >= 11 is 11.9. The number of rotatable bonds is 4. The van der Waals surface area contributed by atoms with E-state index < -0.39 is 11.7 Å². The number of halogens is 3. The molecule has 0 saturated carbocycles. The van der Waals surface area contributed by atoms with Crippen molar-refractivity contribution in [1.29, 1.82) is 0 Å². The lowest BCUT2D eigenvalue weighted by Crippen LogP contribution is -2.22. The summed E-state index contributed by atoms with van der Waals surface area (Å²) in [5, 5.41) is 2.95. The molecule has 0 aliphatic carbocycles. The van der Waals surface area contributed by atoms with E-state index in [0.29, 0.717) is 17.2 Å². The third-order valence-corrected chi connectivity index (χ3v) is 4.23. The van der Waals surface area contributed by atoms with Gasteiger partial charge in [0.05, 0.1) is 16.4 Å². The standard InChI is InChI=1S/C18H13Cl2FN2O/c19-12-7-4-8-14(17(12)21)23-18(24)16-10-13(20)15(22-16)9-11-5-2-1-3-6-11/h1-8H,9-10H2,(H,23,24). The molecule has 1 aliphatic rings. The Morgan fingerprint density at radius 2 is 1.88 bits per heavy atom. The predicted molar refractivity (Wildman–Crippen MR) is 95.1 cm³/mol. The average Bonchev–Trinajstić information content (AvgIpc) is 2.94. The van der Waals surface area contributed by atoms with E-state index in [1.165, 1.54) is 12.1 Å². The molecule has 1 aliphatic heterocycles. The van der Waals surface area contributed by atoms with Crippen LogP contribution in [0.2, 0.25) is 5.02 Å². The van der Waals surface area contributed by atoms with Crippen LogP contribution in [0.4, 0.5) is 10.1 Å². The van der Waals surface area contributed by atoms with Crippen LogP contribution in [0.3, 0.4) is 0 Å². The first-order chi connectivity index (χ1) is 11.5. The van der Waals surface area contributed by atoms with Crippen LogP contribution in [0.15, 0.2) is 64.3 Å². The first kappa shape index (κ1) is 16.7. The number of amides is 1. The van der Waals surface area contributed by atoms with Crippen molar-refractivity contribution in [2.75, 3.05) is 5.32 Å². The zero-order valence-corrected chi connectivity index (χ0v) is 14.0. The number of benzene rings is 2. The number of nitrogens with one attached hydrogen (secondary N) is 1. The van der Waals surface area contributed by atoms with Gasteiger partial charge in [-0.15, -0.1) is 0 Å². The number of carbonyl (C=O) groups excluding carboxylic acids is 1. The number of carbonyl (C=O) groups is 1. The molecule has 122 valence electrons. The first-order valence-electron chi connectivity index (χ1n) is 7.29. The van der Waals surface area contributed by atoms with Crippen molar-refractivity contribution in [3.05, 3.63) is 75.7 Å². The maximum atomic E-state index is 13.9. The van der Waals surface area contributed by atoms with E-state index in [4.69, 9.17) is 23.2 Å². The van der Waals surface area contributed by atoms with Crippen molar-refractivity contribution in [3.8, 4) is 0 Å². The van der Waals surface area contributed by atoms with E-state index in [9.17, 15) is 9.18 Å². The molecule has 0 fully saturated rings. The Morgan fingerprint density at radius 1 is 1.12 bits per heavy atom. The summed E-state index contributed by atoms with van der Waals surface area (Å²) in [6.45, 7) is 0. The minimum absolute atomic E-state index is 0.0165. The highest BCUT2D eigenvalue weighted by atomic mass is 35.5. The minimum atomic E-state index is -0.672. The molecule has 0 aromatic heterocycles. The molecule has 1 N–H and O–H groups in total. The van der Waals surface area contributed by atoms with Gasteiger partial charge >= 0.3 is 0 Å². The summed E-state index contributed by atoms with van der Waals surface area (Å²) in [4.78, 5) is 16.6. The molecule has 0 saturated heterocycles. The highest BCUT2D eigenvalue weighted by molar-refractivity contribution is 6.47. The van der Waals surface area contributed by atoms with Crippen molar-refractivity contribution in [1.82, 2.24) is 0 Å². The Labute approximate surface area is 148 Å². The Hall–Kier alpha value is -2.17. The van der Waals surface area contributed by atoms with Crippen LogP contribution < -0.4 is 5.32 Å². The van der Waals surface area contributed by atoms with E-state index in [2.05, 4.69) is 10.3 Å². The van der Waals surface area contributed by atoms with Crippen molar-refractivity contribution in [3.63, 3.8) is 0 Å². The van der Waals surface area contributed by atoms with Crippen LogP contribution >= 0.6 is 23.2 Å². The SMILES string of the molecule is O=C(Nc1cccc(Cl)c1F)C1=NC(Cc2ccccc2)=C(Cl)C1. The Bertz CT molecular complexity index is 847. The number of allylic oxidation sites excluding steroid dienone is 2. The average molecular weight is 363 g/mol. The van der Waals surface area contributed by atoms with E-state index >= 15 is 0 Å². The monoisotopic (exact) mass is 362 g/mol. The third-order valence-electron chi connectivity index (χ3n) is 3.58. The van der Waals surface area contributed by atoms with Crippen LogP contribution in [-0.4, -0.2) is 11.6 Å². The van der Waals surface area contributed by atoms with Crippen LogP contribution in [0.5, 0.6) is 0 Å². The molecule has 1 heterocycles. The molecule has 2 aromatic carbocycles. The maximum absolute atomic E-state index is 13.9. The molecule has 3 rings (SSSR count). The van der Waals surface area contributed by atoms with Gasteiger partial charge in [-0.05, 0) is 17.7 Å². The topological polar surface area (TPSA) is 41.5 Å². The van der Waals surface area contributed by atoms with Gasteiger partial charge < -0.3 is 5.32 Å². The third kappa shape index (κ3) is 3.66. The molecule has 0 unspecified atom stereocenters. The number of nitrogens with zero attached hydrogens (tertiary/aromatic N) is 1. The number of anilines is 1. The van der Waals surface area contributed by atoms with Crippen LogP contribution in [0, 0.1) is 5.82 Å². The lowest BCUT2D eigenvalue weighted by Gasteiger charge is -2.06. The molecule has 6 heteroatoms. The van der Waals surface area contributed by atoms with E-state index in [-0.39, 0.29) is 22.8 Å². The number of hydrogen-bond donors (Lipinski definition) is 1. The molecule has 1 amide bonds. The fourth-order valence-corrected chi connectivity index (χ4v) is 2.77. The lowest BCUT2D eigenvalue weighted by molar-refractivity contribution is -0.110. The van der Waals surface area contributed by atoms with Crippen LogP contribution in [0.1, 0.15) is 12.0 Å². The molecule has 2 aromatic rings. The summed E-state index contributed by atoms with van der Waals surface area (Å²) < 4.78 is 13.9. The minimum Gasteiger partial charge on any atom is -0.318 e. The molecular formula is C18H13Cl2FN2O. The lowest BCUT2D eigenvalue weighted by atomic mass is 10.1. The van der Waals surface area contributed by atoms with Gasteiger partial charge in [0.25, 0.3) is 5.91 Å². The van der Waals surface area contributed by atoms with Crippen molar-refractivity contribution >= 4 is 40.5 Å². The second-order valence-electron chi connectivity index (χ2n) is 5.30. The maximum Gasteiger partial charge on any atom is 0.270 e. The van der Waals surface area contributed by atoms with Gasteiger partial charge in [0.2, 0.25) is 0 Å². The van der Waals surface area contributed by atoms with Gasteiger partial charge in [-0.1, -0.05) is 59.6 Å². The van der Waals surface area contributed by atoms with Crippen molar-refractivity contribution in [2.24, 2.45) is 4.99 Å². The normalized spacial score (nSPS) is 13.9. The summed E-state index contributed by atoms with van der Waals surface area (Å²) in [6, 6.07) is 14.1. The van der Waals surface area contributed by atoms with Crippen molar-refractivity contribution in [2.45, 2.75) is 12.8 Å². The molecule has 0 spiro atoms. The highest BCUT2D eigenvalue weighted by Crippen LogP contribution is 2.27. The molecule has 0 radical (unpaired) electrons. The summed E-state index contributed by atoms with van der Waals surface area (Å²) in [5.41, 5.74) is 1.98. The molecule has 3 nitrogen and oxygen atoms in total. The second kappa shape index (κ2) is 7.16. The fourth-order valence-electron chi connectivity index (χ4n) is 2.36. The smallest absolute Gasteiger partial charge is 0.270 e. The zero-order valence-electron chi connectivity index (χ0n) is 12.5. The van der Waals surface area contributed by atoms with E-state index in [1.807, 2.05) is 30.3 Å². The van der Waals surface area contributed by atoms with Crippen LogP contribution in [0.25, 0.3) is 0 Å². The van der Waals surface area contributed by atoms with Crippen LogP contribution in [-0.2, 0) is 11.2 Å². The van der Waals surface area contributed by atoms with E-state index in [0.717, 1.165) is 5.56 Å². The molecule has 0 atom stereocenters. The molecule has 0 bridgehead atoms. The van der Waals surface area contributed by atoms with Gasteiger partial charge in [-0.2, -0.15) is 0 Å². The zero-order chi connectivity index (χ0) is 17.1. The summed E-state index contributed by atoms with van der Waals surface area (Å²) in [5.74, 6) is -1.16. The number of hydrogen-bond acceptors (Lipinski definition) is 2. The predicted octanol–water partition coefficient (Wildman–Crippen LogP) is 4.96. The molecule has 24 heavy (non-hydrogen) atoms.